The zero-order valence-electron chi connectivity index (χ0n) is 27.2. The van der Waals surface area contributed by atoms with Crippen LogP contribution in [0.1, 0.15) is 47.2 Å². The van der Waals surface area contributed by atoms with Gasteiger partial charge in [-0.3, -0.25) is 14.4 Å². The molecular weight excluding hydrogens is 608 g/mol. The number of nitrogens with zero attached hydrogens (tertiary/aromatic N) is 4. The molecule has 1 saturated heterocycles. The summed E-state index contributed by atoms with van der Waals surface area (Å²) >= 11 is 0. The van der Waals surface area contributed by atoms with Gasteiger partial charge in [-0.25, -0.2) is 0 Å². The minimum atomic E-state index is -0.788. The number of carbonyl (C=O) groups is 3. The lowest BCUT2D eigenvalue weighted by Gasteiger charge is -2.28. The molecule has 0 radical (unpaired) electrons. The van der Waals surface area contributed by atoms with Gasteiger partial charge in [0.05, 0.1) is 13.2 Å². The van der Waals surface area contributed by atoms with E-state index < -0.39 is 6.04 Å². The lowest BCUT2D eigenvalue weighted by molar-refractivity contribution is -0.130. The number of aromatic nitrogens is 4. The van der Waals surface area contributed by atoms with Crippen molar-refractivity contribution < 1.29 is 19.1 Å². The summed E-state index contributed by atoms with van der Waals surface area (Å²) in [4.78, 5) is 42.1. The van der Waals surface area contributed by atoms with Gasteiger partial charge in [-0.1, -0.05) is 30.3 Å². The maximum Gasteiger partial charge on any atom is 0.254 e. The second-order valence-corrected chi connectivity index (χ2v) is 12.7. The van der Waals surface area contributed by atoms with Crippen LogP contribution in [0.2, 0.25) is 0 Å². The lowest BCUT2D eigenvalue weighted by atomic mass is 9.81. The number of benzene rings is 3. The van der Waals surface area contributed by atoms with Crippen molar-refractivity contribution in [2.24, 2.45) is 17.6 Å². The highest BCUT2D eigenvalue weighted by atomic mass is 16.5. The predicted octanol–water partition coefficient (Wildman–Crippen LogP) is 3.75. The van der Waals surface area contributed by atoms with Crippen molar-refractivity contribution >= 4 is 23.4 Å². The van der Waals surface area contributed by atoms with E-state index in [1.165, 1.54) is 0 Å². The van der Waals surface area contributed by atoms with Crippen LogP contribution >= 0.6 is 0 Å². The standard InChI is InChI=1S/C36H42N8O4/c1-23-2-7-29(36(47)44-16-18-48-19-17-44)21-31(23)26-8-3-24(4-9-26)20-32(39-34(45)28-10-5-25(22-37)6-11-28)35(46)38-30-14-12-27(13-15-30)33-40-42-43-41-33/h2-4,7-9,12-15,21,25,28,32H,5-6,10-11,16-20,22,37H2,1H3,(H,38,46)(H,39,45)(H,40,41,42,43). The Morgan fingerprint density at radius 1 is 0.958 bits per heavy atom. The lowest BCUT2D eigenvalue weighted by Crippen LogP contribution is -2.48. The molecule has 5 N–H and O–H groups in total. The smallest absolute Gasteiger partial charge is 0.254 e. The SMILES string of the molecule is Cc1ccc(C(=O)N2CCOCC2)cc1-c1ccc(CC(NC(=O)C2CCC(CN)CC2)C(=O)Nc2ccc(-c3nn[nH]n3)cc2)cc1. The molecule has 4 aromatic rings. The number of anilines is 1. The minimum Gasteiger partial charge on any atom is -0.378 e. The van der Waals surface area contributed by atoms with E-state index in [1.807, 2.05) is 54.3 Å². The molecule has 2 heterocycles. The van der Waals surface area contributed by atoms with Gasteiger partial charge in [0.15, 0.2) is 0 Å². The zero-order valence-corrected chi connectivity index (χ0v) is 27.2. The summed E-state index contributed by atoms with van der Waals surface area (Å²) in [6.07, 6.45) is 3.67. The Morgan fingerprint density at radius 3 is 2.33 bits per heavy atom. The fraction of sp³-hybridized carbons (Fsp3) is 0.389. The van der Waals surface area contributed by atoms with E-state index in [9.17, 15) is 14.4 Å². The molecule has 2 aliphatic rings. The summed E-state index contributed by atoms with van der Waals surface area (Å²) in [6, 6.07) is 20.1. The molecule has 6 rings (SSSR count). The number of tetrazole rings is 1. The Hall–Kier alpha value is -4.94. The highest BCUT2D eigenvalue weighted by molar-refractivity contribution is 5.98. The molecule has 1 saturated carbocycles. The fourth-order valence-electron chi connectivity index (χ4n) is 6.45. The molecule has 1 aliphatic heterocycles. The first-order valence-corrected chi connectivity index (χ1v) is 16.6. The molecule has 1 unspecified atom stereocenters. The first kappa shape index (κ1) is 33.0. The number of carbonyl (C=O) groups excluding carboxylic acids is 3. The van der Waals surface area contributed by atoms with Gasteiger partial charge in [0, 0.05) is 42.2 Å². The average molecular weight is 651 g/mol. The predicted molar refractivity (Wildman–Crippen MR) is 182 cm³/mol. The number of ether oxygens (including phenoxy) is 1. The number of aryl methyl sites for hydroxylation is 1. The summed E-state index contributed by atoms with van der Waals surface area (Å²) < 4.78 is 5.40. The molecule has 3 amide bonds. The molecule has 0 bridgehead atoms. The van der Waals surface area contributed by atoms with Gasteiger partial charge in [-0.05, 0) is 109 Å². The van der Waals surface area contributed by atoms with Crippen LogP contribution in [0.4, 0.5) is 5.69 Å². The summed E-state index contributed by atoms with van der Waals surface area (Å²) in [5.74, 6) is 0.352. The van der Waals surface area contributed by atoms with E-state index in [1.54, 1.807) is 24.3 Å². The number of hydrogen-bond donors (Lipinski definition) is 4. The van der Waals surface area contributed by atoms with Crippen LogP contribution in [0.25, 0.3) is 22.5 Å². The van der Waals surface area contributed by atoms with Gasteiger partial charge < -0.3 is 26.0 Å². The van der Waals surface area contributed by atoms with Crippen molar-refractivity contribution in [3.63, 3.8) is 0 Å². The number of nitrogens with one attached hydrogen (secondary N) is 3. The van der Waals surface area contributed by atoms with Gasteiger partial charge in [0.2, 0.25) is 17.6 Å². The van der Waals surface area contributed by atoms with Crippen molar-refractivity contribution in [2.75, 3.05) is 38.2 Å². The summed E-state index contributed by atoms with van der Waals surface area (Å²) in [7, 11) is 0. The molecule has 1 atom stereocenters. The molecule has 0 spiro atoms. The number of rotatable bonds is 10. The molecule has 48 heavy (non-hydrogen) atoms. The Labute approximate surface area is 279 Å². The fourth-order valence-corrected chi connectivity index (χ4v) is 6.45. The van der Waals surface area contributed by atoms with Crippen LogP contribution in [0.5, 0.6) is 0 Å². The summed E-state index contributed by atoms with van der Waals surface area (Å²) in [5.41, 5.74) is 11.8. The third-order valence-electron chi connectivity index (χ3n) is 9.43. The first-order chi connectivity index (χ1) is 23.4. The maximum absolute atomic E-state index is 13.7. The topological polar surface area (TPSA) is 168 Å². The van der Waals surface area contributed by atoms with Gasteiger partial charge in [0.1, 0.15) is 6.04 Å². The van der Waals surface area contributed by atoms with Crippen LogP contribution < -0.4 is 16.4 Å². The Bertz CT molecular complexity index is 1700. The highest BCUT2D eigenvalue weighted by Gasteiger charge is 2.29. The van der Waals surface area contributed by atoms with E-state index in [0.717, 1.165) is 53.5 Å². The number of hydrogen-bond acceptors (Lipinski definition) is 8. The van der Waals surface area contributed by atoms with Crippen molar-refractivity contribution in [2.45, 2.75) is 45.1 Å². The van der Waals surface area contributed by atoms with Crippen molar-refractivity contribution in [3.8, 4) is 22.5 Å². The molecule has 2 fully saturated rings. The average Bonchev–Trinajstić information content (AvgIpc) is 3.68. The molecule has 1 aliphatic carbocycles. The zero-order chi connectivity index (χ0) is 33.5. The van der Waals surface area contributed by atoms with Crippen molar-refractivity contribution in [1.82, 2.24) is 30.8 Å². The van der Waals surface area contributed by atoms with Crippen LogP contribution in [0.3, 0.4) is 0 Å². The number of nitrogens with two attached hydrogens (primary N) is 1. The first-order valence-electron chi connectivity index (χ1n) is 16.6. The summed E-state index contributed by atoms with van der Waals surface area (Å²) in [6.45, 7) is 4.93. The third kappa shape index (κ3) is 7.95. The minimum absolute atomic E-state index is 0.00160. The molecular formula is C36H42N8O4. The number of H-pyrrole nitrogens is 1. The van der Waals surface area contributed by atoms with E-state index in [4.69, 9.17) is 10.5 Å². The van der Waals surface area contributed by atoms with Crippen LogP contribution in [0.15, 0.2) is 66.7 Å². The largest absolute Gasteiger partial charge is 0.378 e. The molecule has 3 aromatic carbocycles. The Balaban J connectivity index is 1.17. The van der Waals surface area contributed by atoms with E-state index in [-0.39, 0.29) is 23.6 Å². The van der Waals surface area contributed by atoms with Crippen molar-refractivity contribution in [3.05, 3.63) is 83.4 Å². The highest BCUT2D eigenvalue weighted by Crippen LogP contribution is 2.29. The molecule has 1 aromatic heterocycles. The number of aromatic amines is 1. The molecule has 12 heteroatoms. The normalized spacial score (nSPS) is 18.6. The van der Waals surface area contributed by atoms with Crippen LogP contribution in [-0.2, 0) is 20.7 Å². The van der Waals surface area contributed by atoms with Crippen LogP contribution in [0, 0.1) is 18.8 Å². The Morgan fingerprint density at radius 2 is 1.67 bits per heavy atom. The Kier molecular flexibility index (Phi) is 10.5. The van der Waals surface area contributed by atoms with Gasteiger partial charge >= 0.3 is 0 Å². The quantitative estimate of drug-likeness (QED) is 0.201. The van der Waals surface area contributed by atoms with Gasteiger partial charge in [0.25, 0.3) is 5.91 Å². The number of amides is 3. The second-order valence-electron chi connectivity index (χ2n) is 12.7. The third-order valence-corrected chi connectivity index (χ3v) is 9.43. The second kappa shape index (κ2) is 15.3. The maximum atomic E-state index is 13.7. The monoisotopic (exact) mass is 650 g/mol. The van der Waals surface area contributed by atoms with Gasteiger partial charge in [-0.15, -0.1) is 10.2 Å². The summed E-state index contributed by atoms with van der Waals surface area (Å²) in [5, 5.41) is 20.0. The number of morpholine rings is 1. The van der Waals surface area contributed by atoms with Gasteiger partial charge in [-0.2, -0.15) is 5.21 Å². The van der Waals surface area contributed by atoms with Crippen molar-refractivity contribution in [1.29, 1.82) is 0 Å². The van der Waals surface area contributed by atoms with Crippen LogP contribution in [-0.4, -0.2) is 82.1 Å². The van der Waals surface area contributed by atoms with E-state index in [2.05, 4.69) is 31.3 Å². The van der Waals surface area contributed by atoms with E-state index >= 15 is 0 Å². The molecule has 12 nitrogen and oxygen atoms in total. The van der Waals surface area contributed by atoms with E-state index in [0.29, 0.717) is 62.3 Å². The molecule has 250 valence electrons.